The van der Waals surface area contributed by atoms with Gasteiger partial charge in [-0.1, -0.05) is 24.3 Å². The maximum atomic E-state index is 12.5. The maximum absolute atomic E-state index is 12.5. The summed E-state index contributed by atoms with van der Waals surface area (Å²) in [5, 5.41) is 7.93. The standard InChI is InChI=1S/C20H27N5O/c1-23-15-21-22-19(23)8-9-20(26)25-12-10-24(11-13-25)18-7-6-16-4-2-3-5-17(16)14-18/h2-5,15,18H,6-14H2,1H3/t18-/m0/s1. The molecule has 1 aromatic heterocycles. The summed E-state index contributed by atoms with van der Waals surface area (Å²) in [6.45, 7) is 3.66. The average molecular weight is 353 g/mol. The second kappa shape index (κ2) is 7.58. The van der Waals surface area contributed by atoms with E-state index in [1.54, 1.807) is 6.33 Å². The van der Waals surface area contributed by atoms with E-state index >= 15 is 0 Å². The van der Waals surface area contributed by atoms with Gasteiger partial charge in [0.25, 0.3) is 0 Å². The van der Waals surface area contributed by atoms with E-state index in [0.29, 0.717) is 18.9 Å². The molecule has 4 rings (SSSR count). The molecule has 1 amide bonds. The number of hydrogen-bond acceptors (Lipinski definition) is 4. The molecule has 2 aromatic rings. The van der Waals surface area contributed by atoms with Crippen molar-refractivity contribution >= 4 is 5.91 Å². The van der Waals surface area contributed by atoms with Crippen LogP contribution in [0.15, 0.2) is 30.6 Å². The summed E-state index contributed by atoms with van der Waals surface area (Å²) < 4.78 is 1.88. The number of fused-ring (bicyclic) bond motifs is 1. The maximum Gasteiger partial charge on any atom is 0.223 e. The number of benzene rings is 1. The zero-order valence-electron chi connectivity index (χ0n) is 15.5. The first-order valence-corrected chi connectivity index (χ1v) is 9.62. The zero-order chi connectivity index (χ0) is 17.9. The Morgan fingerprint density at radius 3 is 2.65 bits per heavy atom. The first-order valence-electron chi connectivity index (χ1n) is 9.62. The Bertz CT molecular complexity index is 763. The Hall–Kier alpha value is -2.21. The van der Waals surface area contributed by atoms with Crippen molar-refractivity contribution in [3.8, 4) is 0 Å². The summed E-state index contributed by atoms with van der Waals surface area (Å²) in [5.41, 5.74) is 3.02. The van der Waals surface area contributed by atoms with Crippen molar-refractivity contribution in [1.29, 1.82) is 0 Å². The van der Waals surface area contributed by atoms with Gasteiger partial charge in [-0.05, 0) is 30.4 Å². The summed E-state index contributed by atoms with van der Waals surface area (Å²) in [6.07, 6.45) is 6.42. The van der Waals surface area contributed by atoms with Crippen LogP contribution < -0.4 is 0 Å². The Kier molecular flexibility index (Phi) is 5.02. The second-order valence-corrected chi connectivity index (χ2v) is 7.44. The van der Waals surface area contributed by atoms with Gasteiger partial charge in [0.15, 0.2) is 0 Å². The van der Waals surface area contributed by atoms with E-state index < -0.39 is 0 Å². The molecule has 2 heterocycles. The fourth-order valence-corrected chi connectivity index (χ4v) is 4.24. The highest BCUT2D eigenvalue weighted by molar-refractivity contribution is 5.76. The van der Waals surface area contributed by atoms with E-state index in [-0.39, 0.29) is 5.91 Å². The smallest absolute Gasteiger partial charge is 0.223 e. The highest BCUT2D eigenvalue weighted by Gasteiger charge is 2.28. The van der Waals surface area contributed by atoms with Crippen LogP contribution in [0.1, 0.15) is 29.8 Å². The molecule has 0 radical (unpaired) electrons. The fourth-order valence-electron chi connectivity index (χ4n) is 4.24. The van der Waals surface area contributed by atoms with Crippen LogP contribution in [0.4, 0.5) is 0 Å². The topological polar surface area (TPSA) is 54.3 Å². The van der Waals surface area contributed by atoms with Gasteiger partial charge in [0.2, 0.25) is 5.91 Å². The van der Waals surface area contributed by atoms with E-state index in [1.807, 2.05) is 16.5 Å². The Morgan fingerprint density at radius 1 is 1.15 bits per heavy atom. The van der Waals surface area contributed by atoms with Crippen molar-refractivity contribution < 1.29 is 4.79 Å². The first-order chi connectivity index (χ1) is 12.7. The van der Waals surface area contributed by atoms with Gasteiger partial charge in [0, 0.05) is 52.1 Å². The van der Waals surface area contributed by atoms with Crippen molar-refractivity contribution in [1.82, 2.24) is 24.6 Å². The lowest BCUT2D eigenvalue weighted by atomic mass is 9.87. The molecule has 0 saturated carbocycles. The number of nitrogens with zero attached hydrogens (tertiary/aromatic N) is 5. The fraction of sp³-hybridized carbons (Fsp3) is 0.550. The minimum atomic E-state index is 0.238. The number of piperazine rings is 1. The van der Waals surface area contributed by atoms with Gasteiger partial charge in [-0.25, -0.2) is 0 Å². The molecule has 138 valence electrons. The SMILES string of the molecule is Cn1cnnc1CCC(=O)N1CCN([C@H]2CCc3ccccc3C2)CC1. The van der Waals surface area contributed by atoms with Crippen LogP contribution in [-0.2, 0) is 31.1 Å². The Labute approximate surface area is 154 Å². The van der Waals surface area contributed by atoms with Crippen molar-refractivity contribution in [3.05, 3.63) is 47.5 Å². The van der Waals surface area contributed by atoms with Gasteiger partial charge >= 0.3 is 0 Å². The van der Waals surface area contributed by atoms with Crippen LogP contribution in [0.3, 0.4) is 0 Å². The molecule has 1 saturated heterocycles. The second-order valence-electron chi connectivity index (χ2n) is 7.44. The average Bonchev–Trinajstić information content (AvgIpc) is 3.10. The molecule has 2 aliphatic rings. The summed E-state index contributed by atoms with van der Waals surface area (Å²) >= 11 is 0. The third-order valence-corrected chi connectivity index (χ3v) is 5.87. The summed E-state index contributed by atoms with van der Waals surface area (Å²) in [4.78, 5) is 17.1. The van der Waals surface area contributed by atoms with Crippen LogP contribution in [0.25, 0.3) is 0 Å². The monoisotopic (exact) mass is 353 g/mol. The number of amides is 1. The quantitative estimate of drug-likeness (QED) is 0.835. The summed E-state index contributed by atoms with van der Waals surface area (Å²) in [5.74, 6) is 1.11. The van der Waals surface area contributed by atoms with Crippen LogP contribution in [0, 0.1) is 0 Å². The molecular weight excluding hydrogens is 326 g/mol. The number of hydrogen-bond donors (Lipinski definition) is 0. The minimum Gasteiger partial charge on any atom is -0.340 e. The lowest BCUT2D eigenvalue weighted by molar-refractivity contribution is -0.133. The molecular formula is C20H27N5O. The zero-order valence-corrected chi connectivity index (χ0v) is 15.5. The molecule has 0 N–H and O–H groups in total. The molecule has 0 bridgehead atoms. The van der Waals surface area contributed by atoms with Gasteiger partial charge in [0.05, 0.1) is 0 Å². The predicted octanol–water partition coefficient (Wildman–Crippen LogP) is 1.45. The van der Waals surface area contributed by atoms with Crippen molar-refractivity contribution in [3.63, 3.8) is 0 Å². The van der Waals surface area contributed by atoms with Gasteiger partial charge in [-0.3, -0.25) is 9.69 Å². The lowest BCUT2D eigenvalue weighted by Crippen LogP contribution is -2.53. The number of carbonyl (C=O) groups is 1. The van der Waals surface area contributed by atoms with E-state index in [0.717, 1.165) is 38.4 Å². The Balaban J connectivity index is 1.26. The molecule has 6 nitrogen and oxygen atoms in total. The molecule has 26 heavy (non-hydrogen) atoms. The van der Waals surface area contributed by atoms with Crippen LogP contribution in [0.2, 0.25) is 0 Å². The normalized spacial score (nSPS) is 20.8. The molecule has 1 aliphatic heterocycles. The number of aryl methyl sites for hydroxylation is 3. The summed E-state index contributed by atoms with van der Waals surface area (Å²) in [7, 11) is 1.92. The van der Waals surface area contributed by atoms with Crippen molar-refractivity contribution in [2.24, 2.45) is 7.05 Å². The third-order valence-electron chi connectivity index (χ3n) is 5.87. The molecule has 1 fully saturated rings. The summed E-state index contributed by atoms with van der Waals surface area (Å²) in [6, 6.07) is 9.45. The van der Waals surface area contributed by atoms with Crippen LogP contribution >= 0.6 is 0 Å². The van der Waals surface area contributed by atoms with E-state index in [9.17, 15) is 4.79 Å². The number of aromatic nitrogens is 3. The van der Waals surface area contributed by atoms with E-state index in [4.69, 9.17) is 0 Å². The molecule has 1 aliphatic carbocycles. The lowest BCUT2D eigenvalue weighted by Gasteiger charge is -2.41. The molecule has 0 spiro atoms. The van der Waals surface area contributed by atoms with Crippen LogP contribution in [-0.4, -0.2) is 62.7 Å². The van der Waals surface area contributed by atoms with E-state index in [2.05, 4.69) is 39.4 Å². The van der Waals surface area contributed by atoms with Gasteiger partial charge in [-0.2, -0.15) is 0 Å². The molecule has 0 unspecified atom stereocenters. The minimum absolute atomic E-state index is 0.238. The third kappa shape index (κ3) is 3.65. The van der Waals surface area contributed by atoms with Gasteiger partial charge in [-0.15, -0.1) is 10.2 Å². The highest BCUT2D eigenvalue weighted by atomic mass is 16.2. The van der Waals surface area contributed by atoms with Crippen LogP contribution in [0.5, 0.6) is 0 Å². The largest absolute Gasteiger partial charge is 0.340 e. The molecule has 1 atom stereocenters. The van der Waals surface area contributed by atoms with Gasteiger partial charge < -0.3 is 9.47 Å². The molecule has 6 heteroatoms. The van der Waals surface area contributed by atoms with E-state index in [1.165, 1.54) is 24.0 Å². The van der Waals surface area contributed by atoms with Gasteiger partial charge in [0.1, 0.15) is 12.2 Å². The highest BCUT2D eigenvalue weighted by Crippen LogP contribution is 2.25. The predicted molar refractivity (Wildman–Crippen MR) is 99.7 cm³/mol. The number of rotatable bonds is 4. The Morgan fingerprint density at radius 2 is 1.92 bits per heavy atom. The molecule has 1 aromatic carbocycles. The van der Waals surface area contributed by atoms with Crippen molar-refractivity contribution in [2.45, 2.75) is 38.1 Å². The first kappa shape index (κ1) is 17.2. The van der Waals surface area contributed by atoms with Crippen molar-refractivity contribution in [2.75, 3.05) is 26.2 Å². The number of carbonyl (C=O) groups excluding carboxylic acids is 1.